The van der Waals surface area contributed by atoms with Crippen molar-refractivity contribution in [2.24, 2.45) is 0 Å². The van der Waals surface area contributed by atoms with Crippen LogP contribution in [0, 0.1) is 6.92 Å². The van der Waals surface area contributed by atoms with Gasteiger partial charge in [0.1, 0.15) is 5.82 Å². The van der Waals surface area contributed by atoms with Crippen molar-refractivity contribution >= 4 is 34.2 Å². The number of benzene rings is 2. The number of halogens is 1. The van der Waals surface area contributed by atoms with E-state index in [2.05, 4.69) is 40.5 Å². The van der Waals surface area contributed by atoms with Crippen LogP contribution in [0.3, 0.4) is 0 Å². The molecule has 0 unspecified atom stereocenters. The molecule has 5 nitrogen and oxygen atoms in total. The van der Waals surface area contributed by atoms with Crippen molar-refractivity contribution in [3.8, 4) is 0 Å². The average Bonchev–Trinajstić information content (AvgIpc) is 3.18. The summed E-state index contributed by atoms with van der Waals surface area (Å²) in [5.74, 6) is 0.900. The second-order valence-corrected chi connectivity index (χ2v) is 8.11. The molecule has 2 heterocycles. The molecule has 0 atom stereocenters. The van der Waals surface area contributed by atoms with Crippen molar-refractivity contribution in [1.82, 2.24) is 14.3 Å². The summed E-state index contributed by atoms with van der Waals surface area (Å²) in [5, 5.41) is 1.57. The molecule has 4 rings (SSSR count). The van der Waals surface area contributed by atoms with Gasteiger partial charge in [-0.3, -0.25) is 4.79 Å². The van der Waals surface area contributed by atoms with Gasteiger partial charge in [-0.25, -0.2) is 4.98 Å². The minimum absolute atomic E-state index is 0.0497. The summed E-state index contributed by atoms with van der Waals surface area (Å²) in [6.45, 7) is 4.96. The Morgan fingerprint density at radius 2 is 1.71 bits per heavy atom. The van der Waals surface area contributed by atoms with Crippen LogP contribution in [0.2, 0.25) is 5.02 Å². The standard InChI is InChI=1S/C21H21ClN4OS/c1-15-2-4-16(5-3-15)14-19-23-21(28-24-19)26-12-10-25(11-13-26)20(27)17-6-8-18(22)9-7-17/h2-9H,10-14H2,1H3. The molecule has 2 aromatic carbocycles. The van der Waals surface area contributed by atoms with Crippen LogP contribution in [0.4, 0.5) is 5.13 Å². The van der Waals surface area contributed by atoms with E-state index < -0.39 is 0 Å². The molecule has 1 aliphatic rings. The van der Waals surface area contributed by atoms with Crippen molar-refractivity contribution in [3.63, 3.8) is 0 Å². The monoisotopic (exact) mass is 412 g/mol. The fraction of sp³-hybridized carbons (Fsp3) is 0.286. The molecule has 0 N–H and O–H groups in total. The summed E-state index contributed by atoms with van der Waals surface area (Å²) in [5.41, 5.74) is 3.14. The highest BCUT2D eigenvalue weighted by Gasteiger charge is 2.24. The van der Waals surface area contributed by atoms with E-state index in [1.54, 1.807) is 24.3 Å². The fourth-order valence-electron chi connectivity index (χ4n) is 3.21. The lowest BCUT2D eigenvalue weighted by Gasteiger charge is -2.34. The Hall–Kier alpha value is -2.44. The highest BCUT2D eigenvalue weighted by Crippen LogP contribution is 2.21. The number of nitrogens with zero attached hydrogens (tertiary/aromatic N) is 4. The number of hydrogen-bond donors (Lipinski definition) is 0. The fourth-order valence-corrected chi connectivity index (χ4v) is 4.07. The lowest BCUT2D eigenvalue weighted by Crippen LogP contribution is -2.48. The maximum Gasteiger partial charge on any atom is 0.253 e. The van der Waals surface area contributed by atoms with E-state index in [9.17, 15) is 4.79 Å². The topological polar surface area (TPSA) is 49.3 Å². The maximum atomic E-state index is 12.6. The molecule has 0 saturated carbocycles. The van der Waals surface area contributed by atoms with Crippen LogP contribution in [0.5, 0.6) is 0 Å². The van der Waals surface area contributed by atoms with Gasteiger partial charge in [-0.2, -0.15) is 4.37 Å². The second-order valence-electron chi connectivity index (χ2n) is 6.94. The summed E-state index contributed by atoms with van der Waals surface area (Å²) in [6, 6.07) is 15.5. The van der Waals surface area contributed by atoms with Gasteiger partial charge in [0.25, 0.3) is 5.91 Å². The summed E-state index contributed by atoms with van der Waals surface area (Å²) < 4.78 is 4.51. The van der Waals surface area contributed by atoms with Gasteiger partial charge in [0.15, 0.2) is 0 Å². The molecule has 1 saturated heterocycles. The van der Waals surface area contributed by atoms with Gasteiger partial charge in [-0.1, -0.05) is 41.4 Å². The number of piperazine rings is 1. The molecule has 0 bridgehead atoms. The largest absolute Gasteiger partial charge is 0.343 e. The summed E-state index contributed by atoms with van der Waals surface area (Å²) in [7, 11) is 0. The molecular formula is C21H21ClN4OS. The van der Waals surface area contributed by atoms with Crippen LogP contribution in [0.1, 0.15) is 27.3 Å². The Morgan fingerprint density at radius 1 is 1.04 bits per heavy atom. The molecule has 0 radical (unpaired) electrons. The van der Waals surface area contributed by atoms with E-state index in [4.69, 9.17) is 16.6 Å². The second kappa shape index (κ2) is 8.29. The van der Waals surface area contributed by atoms with Crippen LogP contribution in [-0.4, -0.2) is 46.3 Å². The summed E-state index contributed by atoms with van der Waals surface area (Å²) in [6.07, 6.45) is 0.742. The molecule has 3 aromatic rings. The average molecular weight is 413 g/mol. The highest BCUT2D eigenvalue weighted by molar-refractivity contribution is 7.09. The van der Waals surface area contributed by atoms with Crippen LogP contribution in [-0.2, 0) is 6.42 Å². The van der Waals surface area contributed by atoms with Gasteiger partial charge in [-0.15, -0.1) is 0 Å². The van der Waals surface area contributed by atoms with Crippen molar-refractivity contribution in [3.05, 3.63) is 76.1 Å². The maximum absolute atomic E-state index is 12.6. The van der Waals surface area contributed by atoms with Gasteiger partial charge >= 0.3 is 0 Å². The van der Waals surface area contributed by atoms with Crippen molar-refractivity contribution in [2.75, 3.05) is 31.1 Å². The van der Waals surface area contributed by atoms with E-state index in [1.807, 2.05) is 4.90 Å². The minimum atomic E-state index is 0.0497. The Bertz CT molecular complexity index is 947. The normalized spacial score (nSPS) is 14.4. The van der Waals surface area contributed by atoms with Gasteiger partial charge in [0.05, 0.1) is 0 Å². The Morgan fingerprint density at radius 3 is 2.39 bits per heavy atom. The van der Waals surface area contributed by atoms with Crippen LogP contribution < -0.4 is 4.90 Å². The van der Waals surface area contributed by atoms with E-state index in [0.717, 1.165) is 30.5 Å². The first-order chi connectivity index (χ1) is 13.6. The predicted molar refractivity (Wildman–Crippen MR) is 113 cm³/mol. The van der Waals surface area contributed by atoms with Crippen molar-refractivity contribution in [2.45, 2.75) is 13.3 Å². The Balaban J connectivity index is 1.35. The Labute approximate surface area is 173 Å². The lowest BCUT2D eigenvalue weighted by molar-refractivity contribution is 0.0747. The molecule has 0 spiro atoms. The molecule has 144 valence electrons. The lowest BCUT2D eigenvalue weighted by atomic mass is 10.1. The molecule has 1 aliphatic heterocycles. The van der Waals surface area contributed by atoms with Crippen LogP contribution >= 0.6 is 23.1 Å². The molecule has 0 aliphatic carbocycles. The van der Waals surface area contributed by atoms with Crippen LogP contribution in [0.15, 0.2) is 48.5 Å². The molecule has 1 fully saturated rings. The van der Waals surface area contributed by atoms with Crippen molar-refractivity contribution in [1.29, 1.82) is 0 Å². The highest BCUT2D eigenvalue weighted by atomic mass is 35.5. The van der Waals surface area contributed by atoms with E-state index >= 15 is 0 Å². The number of carbonyl (C=O) groups excluding carboxylic acids is 1. The van der Waals surface area contributed by atoms with E-state index in [-0.39, 0.29) is 5.91 Å². The van der Waals surface area contributed by atoms with Gasteiger partial charge in [0, 0.05) is 54.7 Å². The zero-order chi connectivity index (χ0) is 19.5. The Kier molecular flexibility index (Phi) is 5.59. The van der Waals surface area contributed by atoms with E-state index in [1.165, 1.54) is 22.7 Å². The number of anilines is 1. The van der Waals surface area contributed by atoms with Crippen LogP contribution in [0.25, 0.3) is 0 Å². The molecular weight excluding hydrogens is 392 g/mol. The number of hydrogen-bond acceptors (Lipinski definition) is 5. The molecule has 7 heteroatoms. The molecule has 1 amide bonds. The summed E-state index contributed by atoms with van der Waals surface area (Å²) in [4.78, 5) is 21.4. The number of amides is 1. The first-order valence-electron chi connectivity index (χ1n) is 9.26. The molecule has 28 heavy (non-hydrogen) atoms. The third-order valence-corrected chi connectivity index (χ3v) is 5.94. The smallest absolute Gasteiger partial charge is 0.253 e. The number of carbonyl (C=O) groups is 1. The number of rotatable bonds is 4. The third-order valence-electron chi connectivity index (χ3n) is 4.87. The zero-order valence-corrected chi connectivity index (χ0v) is 17.2. The van der Waals surface area contributed by atoms with Crippen molar-refractivity contribution < 1.29 is 4.79 Å². The first kappa shape index (κ1) is 18.9. The van der Waals surface area contributed by atoms with Gasteiger partial charge in [0.2, 0.25) is 5.13 Å². The SMILES string of the molecule is Cc1ccc(Cc2nsc(N3CCN(C(=O)c4ccc(Cl)cc4)CC3)n2)cc1. The first-order valence-corrected chi connectivity index (χ1v) is 10.4. The zero-order valence-electron chi connectivity index (χ0n) is 15.6. The third kappa shape index (κ3) is 4.34. The number of aromatic nitrogens is 2. The molecule has 1 aromatic heterocycles. The van der Waals surface area contributed by atoms with E-state index in [0.29, 0.717) is 23.7 Å². The van der Waals surface area contributed by atoms with Gasteiger partial charge < -0.3 is 9.80 Å². The minimum Gasteiger partial charge on any atom is -0.343 e. The predicted octanol–water partition coefficient (Wildman–Crippen LogP) is 4.05. The summed E-state index contributed by atoms with van der Waals surface area (Å²) >= 11 is 7.34. The van der Waals surface area contributed by atoms with Gasteiger partial charge in [-0.05, 0) is 36.8 Å². The number of aryl methyl sites for hydroxylation is 1. The quantitative estimate of drug-likeness (QED) is 0.648.